The minimum atomic E-state index is -0.576. The zero-order valence-electron chi connectivity index (χ0n) is 12.7. The molecule has 1 saturated heterocycles. The number of carbonyl (C=O) groups excluding carboxylic acids is 3. The van der Waals surface area contributed by atoms with E-state index in [0.29, 0.717) is 17.9 Å². The van der Waals surface area contributed by atoms with Crippen molar-refractivity contribution in [1.29, 1.82) is 0 Å². The Labute approximate surface area is 149 Å². The van der Waals surface area contributed by atoms with Gasteiger partial charge in [0.15, 0.2) is 5.75 Å². The van der Waals surface area contributed by atoms with Crippen LogP contribution in [-0.4, -0.2) is 29.2 Å². The number of amides is 2. The topological polar surface area (TPSA) is 63.7 Å². The van der Waals surface area contributed by atoms with E-state index in [0.717, 1.165) is 0 Å². The van der Waals surface area contributed by atoms with E-state index in [1.165, 1.54) is 17.0 Å². The number of ether oxygens (including phenoxy) is 1. The standard InChI is InChI=1S/C17H15Cl2NO4/c18-10-5-6-13(19)14(9-10)24-15(21)7-8-20-16(22)11-3-1-2-4-12(11)17(20)23/h1-2,5-6,9,11-12H,3-4,7-8H2/t11-,12+. The van der Waals surface area contributed by atoms with Crippen LogP contribution in [-0.2, 0) is 14.4 Å². The third-order valence-electron chi connectivity index (χ3n) is 4.26. The number of benzene rings is 1. The van der Waals surface area contributed by atoms with Crippen molar-refractivity contribution in [3.05, 3.63) is 40.4 Å². The molecule has 5 nitrogen and oxygen atoms in total. The van der Waals surface area contributed by atoms with Crippen molar-refractivity contribution in [1.82, 2.24) is 4.90 Å². The van der Waals surface area contributed by atoms with Crippen molar-refractivity contribution >= 4 is 41.0 Å². The van der Waals surface area contributed by atoms with Crippen molar-refractivity contribution in [3.63, 3.8) is 0 Å². The first-order valence-electron chi connectivity index (χ1n) is 7.63. The van der Waals surface area contributed by atoms with Gasteiger partial charge in [0.1, 0.15) is 0 Å². The van der Waals surface area contributed by atoms with Crippen LogP contribution >= 0.6 is 23.2 Å². The van der Waals surface area contributed by atoms with Gasteiger partial charge < -0.3 is 4.74 Å². The van der Waals surface area contributed by atoms with Crippen molar-refractivity contribution in [2.45, 2.75) is 19.3 Å². The maximum Gasteiger partial charge on any atom is 0.313 e. The van der Waals surface area contributed by atoms with Gasteiger partial charge in [0, 0.05) is 17.6 Å². The lowest BCUT2D eigenvalue weighted by Gasteiger charge is -2.14. The molecule has 3 rings (SSSR count). The van der Waals surface area contributed by atoms with Crippen molar-refractivity contribution in [2.24, 2.45) is 11.8 Å². The smallest absolute Gasteiger partial charge is 0.313 e. The summed E-state index contributed by atoms with van der Waals surface area (Å²) in [6, 6.07) is 4.55. The summed E-state index contributed by atoms with van der Waals surface area (Å²) in [6.45, 7) is 0.0156. The van der Waals surface area contributed by atoms with E-state index in [4.69, 9.17) is 27.9 Å². The van der Waals surface area contributed by atoms with Crippen molar-refractivity contribution in [3.8, 4) is 5.75 Å². The molecule has 0 unspecified atom stereocenters. The van der Waals surface area contributed by atoms with E-state index in [9.17, 15) is 14.4 Å². The van der Waals surface area contributed by atoms with Gasteiger partial charge in [0.25, 0.3) is 0 Å². The highest BCUT2D eigenvalue weighted by Crippen LogP contribution is 2.35. The number of halogens is 2. The summed E-state index contributed by atoms with van der Waals surface area (Å²) in [4.78, 5) is 37.7. The van der Waals surface area contributed by atoms with Gasteiger partial charge >= 0.3 is 5.97 Å². The van der Waals surface area contributed by atoms with Gasteiger partial charge in [-0.3, -0.25) is 19.3 Å². The maximum absolute atomic E-state index is 12.3. The number of allylic oxidation sites excluding steroid dienone is 2. The van der Waals surface area contributed by atoms with Gasteiger partial charge in [-0.25, -0.2) is 0 Å². The third-order valence-corrected chi connectivity index (χ3v) is 4.80. The highest BCUT2D eigenvalue weighted by molar-refractivity contribution is 6.34. The van der Waals surface area contributed by atoms with Crippen LogP contribution in [0.4, 0.5) is 0 Å². The average molecular weight is 368 g/mol. The van der Waals surface area contributed by atoms with Crippen LogP contribution in [0, 0.1) is 11.8 Å². The molecular weight excluding hydrogens is 353 g/mol. The second-order valence-corrected chi connectivity index (χ2v) is 6.63. The van der Waals surface area contributed by atoms with Crippen LogP contribution in [0.1, 0.15) is 19.3 Å². The predicted molar refractivity (Wildman–Crippen MR) is 88.8 cm³/mol. The van der Waals surface area contributed by atoms with E-state index in [-0.39, 0.29) is 47.4 Å². The molecule has 1 fully saturated rings. The van der Waals surface area contributed by atoms with E-state index >= 15 is 0 Å². The highest BCUT2D eigenvalue weighted by atomic mass is 35.5. The van der Waals surface area contributed by atoms with Crippen LogP contribution < -0.4 is 4.74 Å². The number of hydrogen-bond acceptors (Lipinski definition) is 4. The van der Waals surface area contributed by atoms with Crippen molar-refractivity contribution in [2.75, 3.05) is 6.54 Å². The number of nitrogens with zero attached hydrogens (tertiary/aromatic N) is 1. The number of fused-ring (bicyclic) bond motifs is 1. The molecule has 0 aromatic heterocycles. The molecule has 0 saturated carbocycles. The molecule has 1 aliphatic carbocycles. The minimum absolute atomic E-state index is 0.0156. The number of hydrogen-bond donors (Lipinski definition) is 0. The Morgan fingerprint density at radius 2 is 1.75 bits per heavy atom. The Balaban J connectivity index is 1.59. The Bertz CT molecular complexity index is 705. The largest absolute Gasteiger partial charge is 0.425 e. The fraction of sp³-hybridized carbons (Fsp3) is 0.353. The summed E-state index contributed by atoms with van der Waals surface area (Å²) >= 11 is 11.8. The van der Waals surface area contributed by atoms with Gasteiger partial charge in [-0.05, 0) is 25.0 Å². The van der Waals surface area contributed by atoms with Crippen LogP contribution in [0.15, 0.2) is 30.4 Å². The van der Waals surface area contributed by atoms with Gasteiger partial charge in [0.05, 0.1) is 23.3 Å². The molecule has 1 aromatic rings. The number of likely N-dealkylation sites (tertiary alicyclic amines) is 1. The quantitative estimate of drug-likeness (QED) is 0.354. The summed E-state index contributed by atoms with van der Waals surface area (Å²) in [7, 11) is 0. The normalized spacial score (nSPS) is 22.7. The molecule has 0 radical (unpaired) electrons. The molecule has 1 aliphatic heterocycles. The molecule has 7 heteroatoms. The molecule has 0 spiro atoms. The fourth-order valence-electron chi connectivity index (χ4n) is 3.02. The first-order chi connectivity index (χ1) is 11.5. The van der Waals surface area contributed by atoms with Gasteiger partial charge in [-0.15, -0.1) is 0 Å². The number of carbonyl (C=O) groups is 3. The molecule has 24 heavy (non-hydrogen) atoms. The first-order valence-corrected chi connectivity index (χ1v) is 8.39. The summed E-state index contributed by atoms with van der Waals surface area (Å²) < 4.78 is 5.16. The Hall–Kier alpha value is -1.85. The Morgan fingerprint density at radius 1 is 1.12 bits per heavy atom. The maximum atomic E-state index is 12.3. The van der Waals surface area contributed by atoms with Gasteiger partial charge in [0.2, 0.25) is 11.8 Å². The third kappa shape index (κ3) is 3.32. The SMILES string of the molecule is O=C(CCN1C(=O)[C@H]2CC=CC[C@H]2C1=O)Oc1cc(Cl)ccc1Cl. The van der Waals surface area contributed by atoms with Crippen LogP contribution in [0.3, 0.4) is 0 Å². The molecule has 2 amide bonds. The number of imide groups is 1. The lowest BCUT2D eigenvalue weighted by atomic mass is 9.85. The monoisotopic (exact) mass is 367 g/mol. The zero-order chi connectivity index (χ0) is 17.3. The first kappa shape index (κ1) is 17.0. The average Bonchev–Trinajstić information content (AvgIpc) is 2.81. The highest BCUT2D eigenvalue weighted by Gasteiger charge is 2.46. The molecule has 2 aliphatic rings. The molecule has 126 valence electrons. The summed E-state index contributed by atoms with van der Waals surface area (Å²) in [5.74, 6) is -1.41. The fourth-order valence-corrected chi connectivity index (χ4v) is 3.34. The predicted octanol–water partition coefficient (Wildman–Crippen LogP) is 3.24. The molecule has 1 aromatic carbocycles. The minimum Gasteiger partial charge on any atom is -0.425 e. The molecule has 2 atom stereocenters. The second kappa shape index (κ2) is 6.95. The molecular formula is C17H15Cl2NO4. The molecule has 0 bridgehead atoms. The summed E-state index contributed by atoms with van der Waals surface area (Å²) in [5, 5.41) is 0.654. The number of rotatable bonds is 4. The number of esters is 1. The van der Waals surface area contributed by atoms with Crippen LogP contribution in [0.2, 0.25) is 10.0 Å². The van der Waals surface area contributed by atoms with Crippen molar-refractivity contribution < 1.29 is 19.1 Å². The lowest BCUT2D eigenvalue weighted by Crippen LogP contribution is -2.33. The van der Waals surface area contributed by atoms with E-state index in [2.05, 4.69) is 0 Å². The summed E-state index contributed by atoms with van der Waals surface area (Å²) in [5.41, 5.74) is 0. The van der Waals surface area contributed by atoms with Gasteiger partial charge in [-0.2, -0.15) is 0 Å². The van der Waals surface area contributed by atoms with E-state index in [1.807, 2.05) is 12.2 Å². The molecule has 0 N–H and O–H groups in total. The Morgan fingerprint density at radius 3 is 2.38 bits per heavy atom. The van der Waals surface area contributed by atoms with E-state index in [1.54, 1.807) is 6.07 Å². The molecule has 1 heterocycles. The van der Waals surface area contributed by atoms with Crippen LogP contribution in [0.25, 0.3) is 0 Å². The lowest BCUT2D eigenvalue weighted by molar-refractivity contribution is -0.141. The van der Waals surface area contributed by atoms with Gasteiger partial charge in [-0.1, -0.05) is 35.4 Å². The van der Waals surface area contributed by atoms with Crippen LogP contribution in [0.5, 0.6) is 5.75 Å². The second-order valence-electron chi connectivity index (χ2n) is 5.78. The summed E-state index contributed by atoms with van der Waals surface area (Å²) in [6.07, 6.45) is 4.91. The zero-order valence-corrected chi connectivity index (χ0v) is 14.2. The van der Waals surface area contributed by atoms with E-state index < -0.39 is 5.97 Å². The Kier molecular flexibility index (Phi) is 4.92.